The molecule has 176 valence electrons. The topological polar surface area (TPSA) is 89.3 Å². The van der Waals surface area contributed by atoms with Crippen molar-refractivity contribution in [3.63, 3.8) is 0 Å². The molecule has 2 aromatic rings. The van der Waals surface area contributed by atoms with Gasteiger partial charge in [0.25, 0.3) is 5.91 Å². The Labute approximate surface area is 189 Å². The highest BCUT2D eigenvalue weighted by Gasteiger charge is 2.19. The largest absolute Gasteiger partial charge is 0.497 e. The maximum Gasteiger partial charge on any atom is 0.273 e. The summed E-state index contributed by atoms with van der Waals surface area (Å²) in [4.78, 5) is 21.3. The normalized spacial score (nSPS) is 14.7. The summed E-state index contributed by atoms with van der Waals surface area (Å²) >= 11 is 0. The van der Waals surface area contributed by atoms with Crippen molar-refractivity contribution in [3.8, 4) is 11.5 Å². The molecule has 2 heterocycles. The van der Waals surface area contributed by atoms with E-state index in [1.54, 1.807) is 14.2 Å². The molecule has 1 aliphatic rings. The standard InChI is InChI=1S/C23H34N4O5/c1-17(2)24-23(28)20-16-32-22(25-20)15-27(8-7-26-9-11-31-12-10-26)14-18-13-19(29-3)5-6-21(18)30-4/h5-6,13,16-17H,7-12,14-15H2,1-4H3,(H,24,28). The van der Waals surface area contributed by atoms with Gasteiger partial charge in [0.1, 0.15) is 17.8 Å². The molecule has 32 heavy (non-hydrogen) atoms. The molecule has 0 spiro atoms. The SMILES string of the molecule is COc1ccc(OC)c(CN(CCN2CCOCC2)Cc2nc(C(=O)NC(C)C)co2)c1. The van der Waals surface area contributed by atoms with Gasteiger partial charge in [-0.05, 0) is 32.0 Å². The van der Waals surface area contributed by atoms with Crippen molar-refractivity contribution in [3.05, 3.63) is 41.6 Å². The number of hydrogen-bond donors (Lipinski definition) is 1. The summed E-state index contributed by atoms with van der Waals surface area (Å²) in [7, 11) is 3.31. The Kier molecular flexibility index (Phi) is 8.90. The molecule has 9 heteroatoms. The third kappa shape index (κ3) is 6.94. The van der Waals surface area contributed by atoms with Crippen LogP contribution in [0.25, 0.3) is 0 Å². The number of rotatable bonds is 11. The Hall–Kier alpha value is -2.62. The predicted molar refractivity (Wildman–Crippen MR) is 120 cm³/mol. The zero-order valence-corrected chi connectivity index (χ0v) is 19.4. The first-order valence-corrected chi connectivity index (χ1v) is 11.0. The average molecular weight is 447 g/mol. The molecule has 0 radical (unpaired) electrons. The van der Waals surface area contributed by atoms with Crippen LogP contribution in [0.2, 0.25) is 0 Å². The maximum absolute atomic E-state index is 12.2. The number of aromatic nitrogens is 1. The minimum Gasteiger partial charge on any atom is -0.497 e. The van der Waals surface area contributed by atoms with Crippen LogP contribution in [-0.4, -0.2) is 80.3 Å². The van der Waals surface area contributed by atoms with E-state index in [0.717, 1.165) is 56.5 Å². The molecular formula is C23H34N4O5. The van der Waals surface area contributed by atoms with E-state index in [4.69, 9.17) is 18.6 Å². The number of methoxy groups -OCH3 is 2. The van der Waals surface area contributed by atoms with Crippen LogP contribution >= 0.6 is 0 Å². The Morgan fingerprint density at radius 2 is 2.00 bits per heavy atom. The zero-order valence-electron chi connectivity index (χ0n) is 19.4. The van der Waals surface area contributed by atoms with Crippen LogP contribution in [0.3, 0.4) is 0 Å². The van der Waals surface area contributed by atoms with E-state index in [9.17, 15) is 4.79 Å². The van der Waals surface area contributed by atoms with Crippen molar-refractivity contribution in [2.75, 3.05) is 53.6 Å². The third-order valence-electron chi connectivity index (χ3n) is 5.28. The Morgan fingerprint density at radius 1 is 1.22 bits per heavy atom. The number of carbonyl (C=O) groups is 1. The van der Waals surface area contributed by atoms with Crippen LogP contribution in [0.5, 0.6) is 11.5 Å². The lowest BCUT2D eigenvalue weighted by Crippen LogP contribution is -2.41. The maximum atomic E-state index is 12.2. The lowest BCUT2D eigenvalue weighted by atomic mass is 10.1. The Bertz CT molecular complexity index is 864. The minimum atomic E-state index is -0.232. The van der Waals surface area contributed by atoms with E-state index in [0.29, 0.717) is 24.7 Å². The molecule has 0 unspecified atom stereocenters. The molecule has 0 atom stereocenters. The van der Waals surface area contributed by atoms with Gasteiger partial charge < -0.3 is 23.9 Å². The highest BCUT2D eigenvalue weighted by Crippen LogP contribution is 2.26. The fraction of sp³-hybridized carbons (Fsp3) is 0.565. The second kappa shape index (κ2) is 11.8. The van der Waals surface area contributed by atoms with E-state index in [1.807, 2.05) is 32.0 Å². The minimum absolute atomic E-state index is 0.0354. The lowest BCUT2D eigenvalue weighted by Gasteiger charge is -2.30. The summed E-state index contributed by atoms with van der Waals surface area (Å²) in [6.07, 6.45) is 1.42. The molecule has 9 nitrogen and oxygen atoms in total. The fourth-order valence-electron chi connectivity index (χ4n) is 3.58. The molecule has 0 saturated carbocycles. The van der Waals surface area contributed by atoms with Gasteiger partial charge in [0.05, 0.1) is 34.0 Å². The van der Waals surface area contributed by atoms with Crippen molar-refractivity contribution in [2.45, 2.75) is 33.0 Å². The molecule has 0 bridgehead atoms. The fourth-order valence-corrected chi connectivity index (χ4v) is 3.58. The number of amides is 1. The number of nitrogens with one attached hydrogen (secondary N) is 1. The van der Waals surface area contributed by atoms with E-state index < -0.39 is 0 Å². The van der Waals surface area contributed by atoms with Crippen LogP contribution in [-0.2, 0) is 17.8 Å². The van der Waals surface area contributed by atoms with Gasteiger partial charge in [0, 0.05) is 44.3 Å². The van der Waals surface area contributed by atoms with Crippen molar-refractivity contribution in [2.24, 2.45) is 0 Å². The van der Waals surface area contributed by atoms with Gasteiger partial charge in [-0.25, -0.2) is 4.98 Å². The second-order valence-corrected chi connectivity index (χ2v) is 8.10. The van der Waals surface area contributed by atoms with Crippen LogP contribution < -0.4 is 14.8 Å². The van der Waals surface area contributed by atoms with E-state index in [2.05, 4.69) is 20.1 Å². The smallest absolute Gasteiger partial charge is 0.273 e. The molecule has 1 fully saturated rings. The summed E-state index contributed by atoms with van der Waals surface area (Å²) in [5.41, 5.74) is 1.30. The van der Waals surface area contributed by atoms with Crippen molar-refractivity contribution in [1.82, 2.24) is 20.1 Å². The van der Waals surface area contributed by atoms with Crippen molar-refractivity contribution in [1.29, 1.82) is 0 Å². The van der Waals surface area contributed by atoms with Crippen LogP contribution in [0.1, 0.15) is 35.8 Å². The number of benzene rings is 1. The first-order chi connectivity index (χ1) is 15.5. The lowest BCUT2D eigenvalue weighted by molar-refractivity contribution is 0.0320. The summed E-state index contributed by atoms with van der Waals surface area (Å²) < 4.78 is 22.0. The van der Waals surface area contributed by atoms with Crippen molar-refractivity contribution < 1.29 is 23.4 Å². The molecule has 3 rings (SSSR count). The van der Waals surface area contributed by atoms with Gasteiger partial charge in [-0.1, -0.05) is 0 Å². The van der Waals surface area contributed by atoms with E-state index >= 15 is 0 Å². The first kappa shape index (κ1) is 24.0. The molecule has 1 aromatic heterocycles. The van der Waals surface area contributed by atoms with Gasteiger partial charge in [-0.2, -0.15) is 0 Å². The molecule has 1 aliphatic heterocycles. The first-order valence-electron chi connectivity index (χ1n) is 11.0. The summed E-state index contributed by atoms with van der Waals surface area (Å²) in [6, 6.07) is 5.81. The van der Waals surface area contributed by atoms with Crippen molar-refractivity contribution >= 4 is 5.91 Å². The van der Waals surface area contributed by atoms with Gasteiger partial charge >= 0.3 is 0 Å². The zero-order chi connectivity index (χ0) is 22.9. The number of oxazole rings is 1. The van der Waals surface area contributed by atoms with Gasteiger partial charge in [0.2, 0.25) is 5.89 Å². The number of nitrogens with zero attached hydrogens (tertiary/aromatic N) is 3. The molecule has 1 amide bonds. The third-order valence-corrected chi connectivity index (χ3v) is 5.28. The van der Waals surface area contributed by atoms with Crippen LogP contribution in [0.15, 0.2) is 28.9 Å². The molecule has 1 saturated heterocycles. The van der Waals surface area contributed by atoms with Gasteiger partial charge in [-0.15, -0.1) is 0 Å². The summed E-state index contributed by atoms with van der Waals surface area (Å²) in [5.74, 6) is 1.84. The Balaban J connectivity index is 1.73. The average Bonchev–Trinajstić information content (AvgIpc) is 3.26. The number of ether oxygens (including phenoxy) is 3. The molecule has 1 N–H and O–H groups in total. The predicted octanol–water partition coefficient (Wildman–Crippen LogP) is 2.16. The van der Waals surface area contributed by atoms with E-state index in [1.165, 1.54) is 6.26 Å². The van der Waals surface area contributed by atoms with Crippen LogP contribution in [0, 0.1) is 0 Å². The van der Waals surface area contributed by atoms with E-state index in [-0.39, 0.29) is 11.9 Å². The number of carbonyl (C=O) groups excluding carboxylic acids is 1. The number of hydrogen-bond acceptors (Lipinski definition) is 8. The molecule has 0 aliphatic carbocycles. The highest BCUT2D eigenvalue weighted by atomic mass is 16.5. The number of morpholine rings is 1. The summed E-state index contributed by atoms with van der Waals surface area (Å²) in [5, 5.41) is 2.84. The van der Waals surface area contributed by atoms with Gasteiger partial charge in [0.15, 0.2) is 5.69 Å². The quantitative estimate of drug-likeness (QED) is 0.562. The molecular weight excluding hydrogens is 412 g/mol. The molecule has 1 aromatic carbocycles. The second-order valence-electron chi connectivity index (χ2n) is 8.10. The highest BCUT2D eigenvalue weighted by molar-refractivity contribution is 5.92. The Morgan fingerprint density at radius 3 is 2.69 bits per heavy atom. The van der Waals surface area contributed by atoms with Gasteiger partial charge in [-0.3, -0.25) is 14.6 Å². The summed E-state index contributed by atoms with van der Waals surface area (Å²) in [6.45, 7) is 9.99. The monoisotopic (exact) mass is 446 g/mol. The van der Waals surface area contributed by atoms with Crippen LogP contribution in [0.4, 0.5) is 0 Å².